The average Bonchev–Trinajstić information content (AvgIpc) is 3.34. The van der Waals surface area contributed by atoms with E-state index >= 15 is 0 Å². The molecule has 1 aromatic heterocycles. The quantitative estimate of drug-likeness (QED) is 0.665. The molecule has 1 aliphatic carbocycles. The summed E-state index contributed by atoms with van der Waals surface area (Å²) in [5.41, 5.74) is 2.93. The number of nitrogens with one attached hydrogen (secondary N) is 1. The Hall–Kier alpha value is -2.60. The van der Waals surface area contributed by atoms with Gasteiger partial charge in [0, 0.05) is 11.6 Å². The predicted octanol–water partition coefficient (Wildman–Crippen LogP) is 4.16. The molecule has 0 unspecified atom stereocenters. The largest absolute Gasteiger partial charge is 0.411 e. The van der Waals surface area contributed by atoms with Crippen molar-refractivity contribution in [1.29, 1.82) is 0 Å². The number of carbonyl (C=O) groups excluding carboxylic acids is 1. The second kappa shape index (κ2) is 7.33. The maximum Gasteiger partial charge on any atom is 0.277 e. The molecule has 0 saturated heterocycles. The molecule has 1 N–H and O–H groups in total. The Morgan fingerprint density at radius 1 is 1.15 bits per heavy atom. The summed E-state index contributed by atoms with van der Waals surface area (Å²) in [4.78, 5) is 12.7. The predicted molar refractivity (Wildman–Crippen MR) is 101 cm³/mol. The maximum absolute atomic E-state index is 12.7. The SMILES string of the molecule is Cc1cccc(-c2nnc(S[C@H](C(=O)NC3CC3)c3ccccc3)o2)c1. The highest BCUT2D eigenvalue weighted by Gasteiger charge is 2.30. The third-order valence-electron chi connectivity index (χ3n) is 4.15. The topological polar surface area (TPSA) is 68.0 Å². The van der Waals surface area contributed by atoms with E-state index in [0.29, 0.717) is 17.2 Å². The molecule has 1 aliphatic rings. The summed E-state index contributed by atoms with van der Waals surface area (Å²) in [6, 6.07) is 17.9. The average molecular weight is 365 g/mol. The highest BCUT2D eigenvalue weighted by molar-refractivity contribution is 8.00. The smallest absolute Gasteiger partial charge is 0.277 e. The Labute approximate surface area is 156 Å². The number of hydrogen-bond acceptors (Lipinski definition) is 5. The molecular formula is C20H19N3O2S. The summed E-state index contributed by atoms with van der Waals surface area (Å²) in [5, 5.41) is 11.3. The van der Waals surface area contributed by atoms with Crippen molar-refractivity contribution in [3.05, 3.63) is 65.7 Å². The zero-order valence-corrected chi connectivity index (χ0v) is 15.2. The first-order valence-electron chi connectivity index (χ1n) is 8.61. The summed E-state index contributed by atoms with van der Waals surface area (Å²) in [6.07, 6.45) is 2.10. The van der Waals surface area contributed by atoms with Gasteiger partial charge < -0.3 is 9.73 Å². The van der Waals surface area contributed by atoms with Crippen molar-refractivity contribution >= 4 is 17.7 Å². The highest BCUT2D eigenvalue weighted by Crippen LogP contribution is 2.36. The second-order valence-electron chi connectivity index (χ2n) is 6.43. The molecule has 1 fully saturated rings. The van der Waals surface area contributed by atoms with Gasteiger partial charge in [-0.1, -0.05) is 48.0 Å². The van der Waals surface area contributed by atoms with Gasteiger partial charge >= 0.3 is 0 Å². The van der Waals surface area contributed by atoms with Crippen LogP contribution in [0.15, 0.2) is 64.2 Å². The van der Waals surface area contributed by atoms with Crippen LogP contribution in [0.5, 0.6) is 0 Å². The maximum atomic E-state index is 12.7. The van der Waals surface area contributed by atoms with Gasteiger partial charge in [-0.3, -0.25) is 4.79 Å². The number of hydrogen-bond donors (Lipinski definition) is 1. The van der Waals surface area contributed by atoms with E-state index in [1.54, 1.807) is 0 Å². The molecule has 0 spiro atoms. The van der Waals surface area contributed by atoms with Crippen LogP contribution in [0.2, 0.25) is 0 Å². The van der Waals surface area contributed by atoms with Crippen LogP contribution in [0.4, 0.5) is 0 Å². The zero-order valence-electron chi connectivity index (χ0n) is 14.4. The Morgan fingerprint density at radius 3 is 2.69 bits per heavy atom. The lowest BCUT2D eigenvalue weighted by molar-refractivity contribution is -0.120. The van der Waals surface area contributed by atoms with Crippen LogP contribution in [-0.4, -0.2) is 22.1 Å². The fraction of sp³-hybridized carbons (Fsp3) is 0.250. The molecule has 26 heavy (non-hydrogen) atoms. The molecular weight excluding hydrogens is 346 g/mol. The molecule has 0 aliphatic heterocycles. The number of benzene rings is 2. The molecule has 1 heterocycles. The van der Waals surface area contributed by atoms with Gasteiger partial charge in [0.25, 0.3) is 5.22 Å². The molecule has 0 bridgehead atoms. The number of thioether (sulfide) groups is 1. The van der Waals surface area contributed by atoms with E-state index in [1.165, 1.54) is 11.8 Å². The van der Waals surface area contributed by atoms with Crippen LogP contribution in [0.25, 0.3) is 11.5 Å². The van der Waals surface area contributed by atoms with E-state index in [4.69, 9.17) is 4.42 Å². The summed E-state index contributed by atoms with van der Waals surface area (Å²) in [7, 11) is 0. The van der Waals surface area contributed by atoms with Crippen molar-refractivity contribution in [2.45, 2.75) is 36.3 Å². The number of carbonyl (C=O) groups is 1. The van der Waals surface area contributed by atoms with Crippen molar-refractivity contribution in [2.24, 2.45) is 0 Å². The van der Waals surface area contributed by atoms with Crippen LogP contribution in [0, 0.1) is 6.92 Å². The van der Waals surface area contributed by atoms with Gasteiger partial charge in [-0.15, -0.1) is 10.2 Å². The second-order valence-corrected chi connectivity index (χ2v) is 7.49. The third kappa shape index (κ3) is 3.96. The van der Waals surface area contributed by atoms with E-state index < -0.39 is 5.25 Å². The first-order valence-corrected chi connectivity index (χ1v) is 9.49. The fourth-order valence-corrected chi connectivity index (χ4v) is 3.54. The minimum absolute atomic E-state index is 0.0148. The number of aromatic nitrogens is 2. The van der Waals surface area contributed by atoms with Crippen molar-refractivity contribution in [1.82, 2.24) is 15.5 Å². The normalized spacial score (nSPS) is 14.8. The Balaban J connectivity index is 1.56. The number of nitrogens with zero attached hydrogens (tertiary/aromatic N) is 2. The van der Waals surface area contributed by atoms with Crippen LogP contribution in [0.3, 0.4) is 0 Å². The molecule has 4 rings (SSSR count). The monoisotopic (exact) mass is 365 g/mol. The van der Waals surface area contributed by atoms with Crippen molar-refractivity contribution < 1.29 is 9.21 Å². The summed E-state index contributed by atoms with van der Waals surface area (Å²) >= 11 is 1.29. The van der Waals surface area contributed by atoms with E-state index in [2.05, 4.69) is 15.5 Å². The van der Waals surface area contributed by atoms with E-state index in [-0.39, 0.29) is 5.91 Å². The van der Waals surface area contributed by atoms with Crippen LogP contribution < -0.4 is 5.32 Å². The van der Waals surface area contributed by atoms with Gasteiger partial charge in [0.15, 0.2) is 0 Å². The lowest BCUT2D eigenvalue weighted by Gasteiger charge is -2.14. The first kappa shape index (κ1) is 16.8. The lowest BCUT2D eigenvalue weighted by Crippen LogP contribution is -2.29. The molecule has 1 atom stereocenters. The number of rotatable bonds is 6. The minimum Gasteiger partial charge on any atom is -0.411 e. The first-order chi connectivity index (χ1) is 12.7. The fourth-order valence-electron chi connectivity index (χ4n) is 2.66. The van der Waals surface area contributed by atoms with Gasteiger partial charge in [-0.25, -0.2) is 0 Å². The van der Waals surface area contributed by atoms with E-state index in [9.17, 15) is 4.79 Å². The zero-order chi connectivity index (χ0) is 17.9. The van der Waals surface area contributed by atoms with Crippen LogP contribution >= 0.6 is 11.8 Å². The number of aryl methyl sites for hydroxylation is 1. The van der Waals surface area contributed by atoms with Crippen LogP contribution in [0.1, 0.15) is 29.2 Å². The van der Waals surface area contributed by atoms with Gasteiger partial charge in [0.05, 0.1) is 0 Å². The molecule has 0 radical (unpaired) electrons. The molecule has 6 heteroatoms. The molecule has 2 aromatic carbocycles. The third-order valence-corrected chi connectivity index (χ3v) is 5.24. The van der Waals surface area contributed by atoms with Crippen molar-refractivity contribution in [2.75, 3.05) is 0 Å². The highest BCUT2D eigenvalue weighted by atomic mass is 32.2. The summed E-state index contributed by atoms with van der Waals surface area (Å²) in [6.45, 7) is 2.02. The summed E-state index contributed by atoms with van der Waals surface area (Å²) < 4.78 is 5.81. The standard InChI is InChI=1S/C20H19N3O2S/c1-13-6-5-9-15(12-13)19-22-23-20(25-19)26-17(14-7-3-2-4-8-14)18(24)21-16-10-11-16/h2-9,12,16-17H,10-11H2,1H3,(H,21,24)/t17-/m0/s1. The Kier molecular flexibility index (Phi) is 4.75. The molecule has 3 aromatic rings. The van der Waals surface area contributed by atoms with Gasteiger partial charge in [-0.2, -0.15) is 0 Å². The summed E-state index contributed by atoms with van der Waals surface area (Å²) in [5.74, 6) is 0.449. The van der Waals surface area contributed by atoms with Crippen molar-refractivity contribution in [3.8, 4) is 11.5 Å². The van der Waals surface area contributed by atoms with E-state index in [1.807, 2.05) is 61.5 Å². The van der Waals surface area contributed by atoms with Gasteiger partial charge in [0.2, 0.25) is 11.8 Å². The Morgan fingerprint density at radius 2 is 1.96 bits per heavy atom. The minimum atomic E-state index is -0.414. The molecule has 1 amide bonds. The lowest BCUT2D eigenvalue weighted by atomic mass is 10.1. The molecule has 132 valence electrons. The Bertz CT molecular complexity index is 906. The van der Waals surface area contributed by atoms with Gasteiger partial charge in [-0.05, 0) is 49.2 Å². The van der Waals surface area contributed by atoms with Gasteiger partial charge in [0.1, 0.15) is 5.25 Å². The molecule has 5 nitrogen and oxygen atoms in total. The molecule has 1 saturated carbocycles. The number of amides is 1. The van der Waals surface area contributed by atoms with Crippen molar-refractivity contribution in [3.63, 3.8) is 0 Å². The van der Waals surface area contributed by atoms with Crippen LogP contribution in [-0.2, 0) is 4.79 Å². The van der Waals surface area contributed by atoms with E-state index in [0.717, 1.165) is 29.5 Å².